The molecule has 2 rings (SSSR count). The van der Waals surface area contributed by atoms with Gasteiger partial charge in [0.25, 0.3) is 0 Å². The van der Waals surface area contributed by atoms with Gasteiger partial charge in [0, 0.05) is 0 Å². The Morgan fingerprint density at radius 3 is 2.35 bits per heavy atom. The van der Waals surface area contributed by atoms with E-state index in [1.54, 1.807) is 11.8 Å². The summed E-state index contributed by atoms with van der Waals surface area (Å²) >= 11 is 3.98. The van der Waals surface area contributed by atoms with E-state index in [1.165, 1.54) is 13.7 Å². The number of hydrogen-bond acceptors (Lipinski definition) is 2. The first-order valence-electron chi connectivity index (χ1n) is 6.03. The number of hydrogen-bond donors (Lipinski definition) is 0. The predicted molar refractivity (Wildman–Crippen MR) is 88.0 cm³/mol. The van der Waals surface area contributed by atoms with E-state index >= 15 is 0 Å². The number of rotatable bonds is 3. The zero-order valence-corrected chi connectivity index (χ0v) is 15.8. The number of ether oxygens (including phenoxy) is 1. The molecule has 20 heavy (non-hydrogen) atoms. The molecule has 0 saturated heterocycles. The van der Waals surface area contributed by atoms with Gasteiger partial charge in [0.15, 0.2) is 0 Å². The van der Waals surface area contributed by atoms with Crippen LogP contribution in [0.15, 0.2) is 50.1 Å². The van der Waals surface area contributed by atoms with Gasteiger partial charge in [-0.15, -0.1) is 24.8 Å². The minimum absolute atomic E-state index is 0. The fourth-order valence-corrected chi connectivity index (χ4v) is 3.17. The molecule has 0 atom stereocenters. The Morgan fingerprint density at radius 2 is 1.80 bits per heavy atom. The van der Waals surface area contributed by atoms with E-state index in [4.69, 9.17) is 4.74 Å². The average molecular weight is 366 g/mol. The number of allylic oxidation sites excluding steroid dienone is 3. The second-order valence-corrected chi connectivity index (χ2v) is 7.24. The van der Waals surface area contributed by atoms with E-state index in [0.29, 0.717) is 0 Å². The molecule has 0 radical (unpaired) electrons. The van der Waals surface area contributed by atoms with Gasteiger partial charge in [0.05, 0.1) is 0 Å². The van der Waals surface area contributed by atoms with Crippen LogP contribution in [0.3, 0.4) is 0 Å². The molecule has 0 aliphatic heterocycles. The molecule has 0 unspecified atom stereocenters. The van der Waals surface area contributed by atoms with Crippen LogP contribution in [0, 0.1) is 0 Å². The minimum Gasteiger partial charge on any atom is -0.147 e. The van der Waals surface area contributed by atoms with Crippen LogP contribution in [-0.2, 0) is 20.4 Å². The monoisotopic (exact) mass is 365 g/mol. The molecule has 1 aliphatic carbocycles. The van der Waals surface area contributed by atoms with Gasteiger partial charge >= 0.3 is 126 Å². The van der Waals surface area contributed by atoms with Gasteiger partial charge in [-0.1, -0.05) is 0 Å². The summed E-state index contributed by atoms with van der Waals surface area (Å²) < 4.78 is 7.45. The van der Waals surface area contributed by atoms with E-state index < -0.39 is 0 Å². The smallest absolute Gasteiger partial charge is 0.147 e. The van der Waals surface area contributed by atoms with Crippen LogP contribution < -0.4 is 4.74 Å². The quantitative estimate of drug-likeness (QED) is 0.652. The van der Waals surface area contributed by atoms with Crippen molar-refractivity contribution in [3.8, 4) is 5.75 Å². The van der Waals surface area contributed by atoms with Crippen molar-refractivity contribution in [2.75, 3.05) is 0 Å². The third-order valence-corrected chi connectivity index (χ3v) is 4.56. The maximum absolute atomic E-state index is 6.01. The third-order valence-electron chi connectivity index (χ3n) is 2.37. The summed E-state index contributed by atoms with van der Waals surface area (Å²) in [5.41, 5.74) is -0.161. The Bertz CT molecular complexity index is 507. The first kappa shape index (κ1) is 20.1. The fraction of sp³-hybridized carbons (Fsp3) is 0.333. The second kappa shape index (κ2) is 8.55. The van der Waals surface area contributed by atoms with Gasteiger partial charge in [-0.3, -0.25) is 0 Å². The maximum Gasteiger partial charge on any atom is -0.147 e. The molecule has 0 amide bonds. The molecule has 1 nitrogen and oxygen atoms in total. The van der Waals surface area contributed by atoms with E-state index in [0.717, 1.165) is 12.2 Å². The predicted octanol–water partition coefficient (Wildman–Crippen LogP) is 5.52. The maximum atomic E-state index is 6.01. The van der Waals surface area contributed by atoms with Gasteiger partial charge in [0.1, 0.15) is 0 Å². The van der Waals surface area contributed by atoms with Crippen LogP contribution in [0.2, 0.25) is 0 Å². The standard InChI is InChI=1S/C15H17OS.2ClH.Ti/c1-15(2,3)16-13-10-6-7-11-14(13)17-12-8-4-5-9-12;;;/h4,6-8,10-11H,5H2,1-3H3;2*1H;. The molecule has 0 spiro atoms. The zero-order chi connectivity index (χ0) is 13.2. The first-order valence-corrected chi connectivity index (χ1v) is 7.62. The summed E-state index contributed by atoms with van der Waals surface area (Å²) in [6.45, 7) is 6.23. The Morgan fingerprint density at radius 1 is 1.15 bits per heavy atom. The summed E-state index contributed by atoms with van der Waals surface area (Å²) in [6, 6.07) is 8.25. The largest absolute Gasteiger partial charge is 0.147 e. The Hall–Kier alpha value is 0.144. The van der Waals surface area contributed by atoms with Gasteiger partial charge in [-0.05, 0) is 0 Å². The van der Waals surface area contributed by atoms with Gasteiger partial charge in [-0.25, -0.2) is 0 Å². The van der Waals surface area contributed by atoms with Crippen LogP contribution in [0.1, 0.15) is 27.2 Å². The van der Waals surface area contributed by atoms with Crippen molar-refractivity contribution in [2.45, 2.75) is 37.7 Å². The van der Waals surface area contributed by atoms with Crippen molar-refractivity contribution < 1.29 is 25.2 Å². The number of benzene rings is 1. The van der Waals surface area contributed by atoms with Crippen molar-refractivity contribution in [3.05, 3.63) is 45.2 Å². The Kier molecular flexibility index (Phi) is 8.62. The third kappa shape index (κ3) is 5.87. The number of halogens is 2. The van der Waals surface area contributed by atoms with Crippen LogP contribution >= 0.6 is 36.6 Å². The topological polar surface area (TPSA) is 9.23 Å². The molecule has 1 aliphatic rings. The number of para-hydroxylation sites is 1. The summed E-state index contributed by atoms with van der Waals surface area (Å²) in [7, 11) is 0. The molecule has 109 valence electrons. The molecule has 0 heterocycles. The van der Waals surface area contributed by atoms with Gasteiger partial charge in [-0.2, -0.15) is 0 Å². The van der Waals surface area contributed by atoms with Crippen molar-refractivity contribution in [3.63, 3.8) is 0 Å². The van der Waals surface area contributed by atoms with E-state index in [2.05, 4.69) is 65.5 Å². The van der Waals surface area contributed by atoms with Crippen LogP contribution in [0.25, 0.3) is 0 Å². The molecule has 0 fully saturated rings. The van der Waals surface area contributed by atoms with Crippen LogP contribution in [0.5, 0.6) is 5.75 Å². The normalized spacial score (nSPS) is 13.7. The molecule has 0 bridgehead atoms. The van der Waals surface area contributed by atoms with Gasteiger partial charge < -0.3 is 0 Å². The first-order chi connectivity index (χ1) is 8.46. The second-order valence-electron chi connectivity index (χ2n) is 5.21. The Labute approximate surface area is 149 Å². The molecule has 0 saturated carbocycles. The summed E-state index contributed by atoms with van der Waals surface area (Å²) in [6.07, 6.45) is 5.49. The van der Waals surface area contributed by atoms with E-state index in [1.807, 2.05) is 12.1 Å². The average Bonchev–Trinajstić information content (AvgIpc) is 2.65. The van der Waals surface area contributed by atoms with Crippen LogP contribution in [-0.4, -0.2) is 5.60 Å². The van der Waals surface area contributed by atoms with E-state index in [-0.39, 0.29) is 30.4 Å². The summed E-state index contributed by atoms with van der Waals surface area (Å²) in [5.74, 6) is 0.968. The van der Waals surface area contributed by atoms with Crippen LogP contribution in [0.4, 0.5) is 0 Å². The number of thioether (sulfide) groups is 1. The van der Waals surface area contributed by atoms with E-state index in [9.17, 15) is 0 Å². The molecule has 5 heteroatoms. The molecule has 1 aromatic carbocycles. The SMILES string of the molecule is CC(C)(C)Oc1ccccc1SC1=[C]([Ti])CC=C1.Cl.Cl. The summed E-state index contributed by atoms with van der Waals surface area (Å²) in [5, 5.41) is 0. The molecule has 1 aromatic rings. The molecular weight excluding hydrogens is 347 g/mol. The minimum atomic E-state index is -0.161. The van der Waals surface area contributed by atoms with Crippen molar-refractivity contribution in [2.24, 2.45) is 0 Å². The Balaban J connectivity index is 0.00000180. The fourth-order valence-electron chi connectivity index (χ4n) is 1.65. The molecule has 0 aromatic heterocycles. The zero-order valence-electron chi connectivity index (χ0n) is 11.8. The van der Waals surface area contributed by atoms with Crippen molar-refractivity contribution in [1.29, 1.82) is 0 Å². The van der Waals surface area contributed by atoms with Crippen molar-refractivity contribution in [1.82, 2.24) is 0 Å². The van der Waals surface area contributed by atoms with Crippen molar-refractivity contribution >= 4 is 36.6 Å². The summed E-state index contributed by atoms with van der Waals surface area (Å²) in [4.78, 5) is 2.54. The molecule has 0 N–H and O–H groups in total. The van der Waals surface area contributed by atoms with Gasteiger partial charge in [0.2, 0.25) is 0 Å². The molecular formula is C15H19Cl2OSTi.